The summed E-state index contributed by atoms with van der Waals surface area (Å²) >= 11 is 0. The van der Waals surface area contributed by atoms with Crippen LogP contribution >= 0.6 is 0 Å². The first kappa shape index (κ1) is 12.5. The van der Waals surface area contributed by atoms with Gasteiger partial charge in [0.05, 0.1) is 18.4 Å². The molecule has 18 heavy (non-hydrogen) atoms. The fraction of sp³-hybridized carbons (Fsp3) is 0.214. The summed E-state index contributed by atoms with van der Waals surface area (Å²) in [6.45, 7) is 2.49. The number of rotatable bonds is 5. The molecule has 0 radical (unpaired) electrons. The Hall–Kier alpha value is -1.91. The third-order valence-electron chi connectivity index (χ3n) is 2.70. The zero-order valence-electron chi connectivity index (χ0n) is 10.3. The van der Waals surface area contributed by atoms with Crippen molar-refractivity contribution in [1.82, 2.24) is 4.98 Å². The van der Waals surface area contributed by atoms with Gasteiger partial charge < -0.3 is 10.2 Å². The lowest BCUT2D eigenvalue weighted by molar-refractivity contribution is 0.0506. The van der Waals surface area contributed by atoms with E-state index in [0.29, 0.717) is 12.4 Å². The smallest absolute Gasteiger partial charge is 0.140 e. The summed E-state index contributed by atoms with van der Waals surface area (Å²) in [5.41, 5.74) is 4.53. The van der Waals surface area contributed by atoms with Gasteiger partial charge in [-0.05, 0) is 24.6 Å². The molecule has 3 N–H and O–H groups in total. The molecule has 0 amide bonds. The number of nitrogen functional groups attached to an aromatic ring is 1. The summed E-state index contributed by atoms with van der Waals surface area (Å²) in [6.07, 6.45) is 0.0440. The number of nitrogens with zero attached hydrogens (tertiary/aromatic N) is 1. The third kappa shape index (κ3) is 3.29. The lowest BCUT2D eigenvalue weighted by atomic mass is 10.1. The Bertz CT molecular complexity index is 487. The van der Waals surface area contributed by atoms with Gasteiger partial charge in [0.2, 0.25) is 0 Å². The van der Waals surface area contributed by atoms with Crippen LogP contribution in [-0.4, -0.2) is 4.98 Å². The minimum atomic E-state index is 0.0440. The van der Waals surface area contributed by atoms with Crippen molar-refractivity contribution in [1.29, 1.82) is 0 Å². The highest BCUT2D eigenvalue weighted by Crippen LogP contribution is 2.17. The summed E-state index contributed by atoms with van der Waals surface area (Å²) in [5.74, 6) is 5.95. The van der Waals surface area contributed by atoms with Gasteiger partial charge in [0.25, 0.3) is 0 Å². The van der Waals surface area contributed by atoms with Crippen LogP contribution in [0, 0.1) is 0 Å². The molecule has 1 aromatic carbocycles. The molecular formula is C14H17N3O. The van der Waals surface area contributed by atoms with Gasteiger partial charge in [-0.3, -0.25) is 0 Å². The number of hydrogen-bond acceptors (Lipinski definition) is 4. The summed E-state index contributed by atoms with van der Waals surface area (Å²) in [6, 6.07) is 15.7. The number of benzene rings is 1. The monoisotopic (exact) mass is 243 g/mol. The van der Waals surface area contributed by atoms with E-state index in [-0.39, 0.29) is 6.10 Å². The van der Waals surface area contributed by atoms with Gasteiger partial charge in [0.15, 0.2) is 0 Å². The minimum Gasteiger partial charge on any atom is -0.368 e. The van der Waals surface area contributed by atoms with Crippen molar-refractivity contribution < 1.29 is 4.74 Å². The molecule has 2 aromatic rings. The van der Waals surface area contributed by atoms with Gasteiger partial charge in [0, 0.05) is 0 Å². The van der Waals surface area contributed by atoms with Gasteiger partial charge in [-0.1, -0.05) is 36.4 Å². The maximum Gasteiger partial charge on any atom is 0.140 e. The molecule has 0 bridgehead atoms. The summed E-state index contributed by atoms with van der Waals surface area (Å²) < 4.78 is 5.78. The number of aromatic nitrogens is 1. The Labute approximate surface area is 107 Å². The standard InChI is InChI=1S/C14H17N3O/c1-11(12-6-3-2-4-7-12)18-10-13-8-5-9-14(16-13)17-15/h2-9,11H,10,15H2,1H3,(H,16,17). The second-order valence-corrected chi connectivity index (χ2v) is 4.02. The molecule has 0 spiro atoms. The van der Waals surface area contributed by atoms with Crippen molar-refractivity contribution in [3.05, 3.63) is 59.8 Å². The highest BCUT2D eigenvalue weighted by atomic mass is 16.5. The third-order valence-corrected chi connectivity index (χ3v) is 2.70. The predicted molar refractivity (Wildman–Crippen MR) is 71.7 cm³/mol. The van der Waals surface area contributed by atoms with Crippen molar-refractivity contribution in [3.8, 4) is 0 Å². The molecule has 0 aliphatic carbocycles. The summed E-state index contributed by atoms with van der Waals surface area (Å²) in [4.78, 5) is 4.30. The van der Waals surface area contributed by atoms with Crippen LogP contribution in [0.4, 0.5) is 5.82 Å². The van der Waals surface area contributed by atoms with Crippen molar-refractivity contribution >= 4 is 5.82 Å². The molecule has 1 atom stereocenters. The summed E-state index contributed by atoms with van der Waals surface area (Å²) in [5, 5.41) is 0. The van der Waals surface area contributed by atoms with E-state index in [1.54, 1.807) is 0 Å². The predicted octanol–water partition coefficient (Wildman–Crippen LogP) is 2.65. The van der Waals surface area contributed by atoms with E-state index >= 15 is 0 Å². The van der Waals surface area contributed by atoms with Crippen molar-refractivity contribution in [2.75, 3.05) is 5.43 Å². The molecular weight excluding hydrogens is 226 g/mol. The highest BCUT2D eigenvalue weighted by Gasteiger charge is 2.05. The molecule has 0 aliphatic heterocycles. The molecule has 4 heteroatoms. The zero-order chi connectivity index (χ0) is 12.8. The first-order chi connectivity index (χ1) is 8.79. The highest BCUT2D eigenvalue weighted by molar-refractivity contribution is 5.33. The van der Waals surface area contributed by atoms with Crippen molar-refractivity contribution in [3.63, 3.8) is 0 Å². The van der Waals surface area contributed by atoms with E-state index in [2.05, 4.69) is 22.5 Å². The van der Waals surface area contributed by atoms with Crippen LogP contribution in [0.15, 0.2) is 48.5 Å². The first-order valence-electron chi connectivity index (χ1n) is 5.88. The zero-order valence-corrected chi connectivity index (χ0v) is 10.3. The molecule has 0 saturated carbocycles. The van der Waals surface area contributed by atoms with Crippen molar-refractivity contribution in [2.45, 2.75) is 19.6 Å². The van der Waals surface area contributed by atoms with Crippen LogP contribution in [0.2, 0.25) is 0 Å². The van der Waals surface area contributed by atoms with Gasteiger partial charge in [0.1, 0.15) is 5.82 Å². The second kappa shape index (κ2) is 6.14. The fourth-order valence-corrected chi connectivity index (χ4v) is 1.67. The largest absolute Gasteiger partial charge is 0.368 e. The Kier molecular flexibility index (Phi) is 4.28. The molecule has 1 aromatic heterocycles. The number of hydrazine groups is 1. The SMILES string of the molecule is CC(OCc1cccc(NN)n1)c1ccccc1. The average Bonchev–Trinajstić information content (AvgIpc) is 2.46. The maximum atomic E-state index is 5.78. The second-order valence-electron chi connectivity index (χ2n) is 4.02. The average molecular weight is 243 g/mol. The minimum absolute atomic E-state index is 0.0440. The van der Waals surface area contributed by atoms with Crippen LogP contribution in [0.25, 0.3) is 0 Å². The molecule has 0 aliphatic rings. The van der Waals surface area contributed by atoms with Crippen LogP contribution < -0.4 is 11.3 Å². The number of hydrogen-bond donors (Lipinski definition) is 2. The van der Waals surface area contributed by atoms with Crippen LogP contribution in [0.5, 0.6) is 0 Å². The Balaban J connectivity index is 1.95. The van der Waals surface area contributed by atoms with E-state index < -0.39 is 0 Å². The Morgan fingerprint density at radius 2 is 1.94 bits per heavy atom. The quantitative estimate of drug-likeness (QED) is 0.626. The lowest BCUT2D eigenvalue weighted by Gasteiger charge is -2.13. The van der Waals surface area contributed by atoms with Crippen LogP contribution in [-0.2, 0) is 11.3 Å². The van der Waals surface area contributed by atoms with Crippen LogP contribution in [0.1, 0.15) is 24.3 Å². The van der Waals surface area contributed by atoms with Gasteiger partial charge in [-0.25, -0.2) is 10.8 Å². The Morgan fingerprint density at radius 3 is 2.67 bits per heavy atom. The topological polar surface area (TPSA) is 60.2 Å². The maximum absolute atomic E-state index is 5.78. The Morgan fingerprint density at radius 1 is 1.17 bits per heavy atom. The summed E-state index contributed by atoms with van der Waals surface area (Å²) in [7, 11) is 0. The molecule has 1 unspecified atom stereocenters. The number of nitrogens with one attached hydrogen (secondary N) is 1. The number of anilines is 1. The molecule has 0 fully saturated rings. The van der Waals surface area contributed by atoms with E-state index in [9.17, 15) is 0 Å². The molecule has 2 rings (SSSR count). The molecule has 4 nitrogen and oxygen atoms in total. The first-order valence-corrected chi connectivity index (χ1v) is 5.88. The van der Waals surface area contributed by atoms with Crippen molar-refractivity contribution in [2.24, 2.45) is 5.84 Å². The normalized spacial score (nSPS) is 12.1. The van der Waals surface area contributed by atoms with Gasteiger partial charge in [-0.15, -0.1) is 0 Å². The molecule has 94 valence electrons. The number of nitrogens with two attached hydrogens (primary N) is 1. The number of pyridine rings is 1. The van der Waals surface area contributed by atoms with Gasteiger partial charge in [-0.2, -0.15) is 0 Å². The molecule has 0 saturated heterocycles. The molecule has 1 heterocycles. The lowest BCUT2D eigenvalue weighted by Crippen LogP contribution is -2.09. The number of ether oxygens (including phenoxy) is 1. The van der Waals surface area contributed by atoms with E-state index in [4.69, 9.17) is 10.6 Å². The van der Waals surface area contributed by atoms with Gasteiger partial charge >= 0.3 is 0 Å². The fourth-order valence-electron chi connectivity index (χ4n) is 1.67. The van der Waals surface area contributed by atoms with Crippen LogP contribution in [0.3, 0.4) is 0 Å². The van der Waals surface area contributed by atoms with E-state index in [1.807, 2.05) is 43.3 Å². The van der Waals surface area contributed by atoms with E-state index in [1.165, 1.54) is 0 Å². The van der Waals surface area contributed by atoms with E-state index in [0.717, 1.165) is 11.3 Å².